The number of ether oxygens (including phenoxy) is 2. The number of cyclic esters (lactones) is 1. The van der Waals surface area contributed by atoms with Crippen molar-refractivity contribution >= 4 is 12.0 Å². The second-order valence-electron chi connectivity index (χ2n) is 8.93. The number of benzene rings is 3. The van der Waals surface area contributed by atoms with E-state index in [4.69, 9.17) is 9.47 Å². The van der Waals surface area contributed by atoms with Gasteiger partial charge in [-0.25, -0.2) is 9.69 Å². The fourth-order valence-electron chi connectivity index (χ4n) is 4.08. The molecular formula is C28H29NO6. The molecule has 1 fully saturated rings. The number of aliphatic hydroxyl groups is 1. The lowest BCUT2D eigenvalue weighted by atomic mass is 10.0. The van der Waals surface area contributed by atoms with E-state index in [1.165, 1.54) is 24.3 Å². The number of imide groups is 1. The van der Waals surface area contributed by atoms with Crippen molar-refractivity contribution in [1.82, 2.24) is 4.90 Å². The van der Waals surface area contributed by atoms with Crippen molar-refractivity contribution in [2.75, 3.05) is 6.61 Å². The fourth-order valence-corrected chi connectivity index (χ4v) is 4.08. The summed E-state index contributed by atoms with van der Waals surface area (Å²) in [5.41, 5.74) is 2.42. The second-order valence-corrected chi connectivity index (χ2v) is 8.93. The number of phenols is 1. The predicted octanol–water partition coefficient (Wildman–Crippen LogP) is 4.59. The molecule has 3 aromatic rings. The van der Waals surface area contributed by atoms with E-state index in [-0.39, 0.29) is 12.4 Å². The Labute approximate surface area is 204 Å². The lowest BCUT2D eigenvalue weighted by molar-refractivity contribution is -0.142. The summed E-state index contributed by atoms with van der Waals surface area (Å²) in [6.07, 6.45) is -3.15. The van der Waals surface area contributed by atoms with Gasteiger partial charge in [-0.15, -0.1) is 0 Å². The summed E-state index contributed by atoms with van der Waals surface area (Å²) in [7, 11) is 0. The summed E-state index contributed by atoms with van der Waals surface area (Å²) >= 11 is 0. The van der Waals surface area contributed by atoms with Gasteiger partial charge < -0.3 is 19.7 Å². The smallest absolute Gasteiger partial charge is 0.417 e. The SMILES string of the molecule is CC(C)c1ccc(O[C@H](C(=O)N2C(=O)OC[C@@H]2Cc2ccccc2)[C@H](O)c2ccc(O)cc2)cc1. The van der Waals surface area contributed by atoms with E-state index in [0.717, 1.165) is 16.0 Å². The molecule has 0 bridgehead atoms. The number of hydrogen-bond acceptors (Lipinski definition) is 6. The molecule has 0 aromatic heterocycles. The van der Waals surface area contributed by atoms with Crippen LogP contribution in [0, 0.1) is 0 Å². The Morgan fingerprint density at radius 3 is 2.26 bits per heavy atom. The summed E-state index contributed by atoms with van der Waals surface area (Å²) in [6, 6.07) is 22.1. The van der Waals surface area contributed by atoms with E-state index >= 15 is 0 Å². The molecule has 3 atom stereocenters. The molecule has 0 radical (unpaired) electrons. The molecule has 0 spiro atoms. The largest absolute Gasteiger partial charge is 0.508 e. The van der Waals surface area contributed by atoms with Crippen molar-refractivity contribution in [1.29, 1.82) is 0 Å². The summed E-state index contributed by atoms with van der Waals surface area (Å²) in [6.45, 7) is 4.20. The first-order chi connectivity index (χ1) is 16.8. The average molecular weight is 476 g/mol. The second kappa shape index (κ2) is 10.6. The first kappa shape index (κ1) is 24.3. The maximum Gasteiger partial charge on any atom is 0.417 e. The number of nitrogens with zero attached hydrogens (tertiary/aromatic N) is 1. The molecule has 0 unspecified atom stereocenters. The highest BCUT2D eigenvalue weighted by Crippen LogP contribution is 2.29. The molecule has 0 saturated carbocycles. The van der Waals surface area contributed by atoms with Crippen molar-refractivity contribution in [2.45, 2.75) is 44.4 Å². The van der Waals surface area contributed by atoms with Gasteiger partial charge in [0.2, 0.25) is 6.10 Å². The van der Waals surface area contributed by atoms with E-state index in [1.807, 2.05) is 42.5 Å². The van der Waals surface area contributed by atoms with Crippen LogP contribution >= 0.6 is 0 Å². The van der Waals surface area contributed by atoms with Crippen LogP contribution in [0.2, 0.25) is 0 Å². The number of amides is 2. The van der Waals surface area contributed by atoms with Crippen LogP contribution in [0.15, 0.2) is 78.9 Å². The Bertz CT molecular complexity index is 1140. The molecule has 7 heteroatoms. The number of aliphatic hydroxyl groups excluding tert-OH is 1. The van der Waals surface area contributed by atoms with Gasteiger partial charge >= 0.3 is 6.09 Å². The Morgan fingerprint density at radius 1 is 1.00 bits per heavy atom. The monoisotopic (exact) mass is 475 g/mol. The van der Waals surface area contributed by atoms with Crippen molar-refractivity contribution in [3.05, 3.63) is 95.6 Å². The average Bonchev–Trinajstić information content (AvgIpc) is 3.22. The van der Waals surface area contributed by atoms with E-state index in [0.29, 0.717) is 23.7 Å². The van der Waals surface area contributed by atoms with Gasteiger partial charge in [-0.3, -0.25) is 4.79 Å². The maximum atomic E-state index is 13.7. The minimum atomic E-state index is -1.41. The zero-order valence-corrected chi connectivity index (χ0v) is 19.7. The number of rotatable bonds is 8. The highest BCUT2D eigenvalue weighted by atomic mass is 16.6. The standard InChI is InChI=1S/C28H29NO6/c1-18(2)20-10-14-24(15-11-20)35-26(25(31)21-8-12-23(30)13-9-21)27(32)29-22(17-34-28(29)33)16-19-6-4-3-5-7-19/h3-15,18,22,25-26,30-31H,16-17H2,1-2H3/t22-,25+,26-/m0/s1. The van der Waals surface area contributed by atoms with Gasteiger partial charge in [-0.2, -0.15) is 0 Å². The topological polar surface area (TPSA) is 96.3 Å². The lowest BCUT2D eigenvalue weighted by Gasteiger charge is -2.28. The third-order valence-corrected chi connectivity index (χ3v) is 6.09. The molecule has 0 aliphatic carbocycles. The molecule has 2 amide bonds. The number of aromatic hydroxyl groups is 1. The third kappa shape index (κ3) is 5.63. The maximum absolute atomic E-state index is 13.7. The number of carbonyl (C=O) groups excluding carboxylic acids is 2. The van der Waals surface area contributed by atoms with E-state index in [1.54, 1.807) is 12.1 Å². The molecule has 1 aliphatic rings. The van der Waals surface area contributed by atoms with Gasteiger partial charge in [-0.05, 0) is 53.3 Å². The Hall–Kier alpha value is -3.84. The van der Waals surface area contributed by atoms with Crippen LogP contribution in [0.25, 0.3) is 0 Å². The zero-order chi connectivity index (χ0) is 24.9. The highest BCUT2D eigenvalue weighted by Gasteiger charge is 2.44. The first-order valence-electron chi connectivity index (χ1n) is 11.6. The predicted molar refractivity (Wildman–Crippen MR) is 130 cm³/mol. The minimum absolute atomic E-state index is 0.0278. The summed E-state index contributed by atoms with van der Waals surface area (Å²) in [5, 5.41) is 20.8. The molecule has 4 rings (SSSR count). The van der Waals surface area contributed by atoms with Gasteiger partial charge in [0.05, 0.1) is 6.04 Å². The Balaban J connectivity index is 1.63. The van der Waals surface area contributed by atoms with Crippen LogP contribution in [0.5, 0.6) is 11.5 Å². The normalized spacial score (nSPS) is 17.2. The van der Waals surface area contributed by atoms with Crippen LogP contribution < -0.4 is 4.74 Å². The third-order valence-electron chi connectivity index (χ3n) is 6.09. The van der Waals surface area contributed by atoms with Gasteiger partial charge in [0.15, 0.2) is 0 Å². The van der Waals surface area contributed by atoms with Crippen molar-refractivity contribution in [3.8, 4) is 11.5 Å². The molecule has 35 heavy (non-hydrogen) atoms. The summed E-state index contributed by atoms with van der Waals surface area (Å²) in [4.78, 5) is 27.4. The number of carbonyl (C=O) groups is 2. The van der Waals surface area contributed by atoms with Crippen LogP contribution in [-0.2, 0) is 16.0 Å². The van der Waals surface area contributed by atoms with Crippen LogP contribution in [0.1, 0.15) is 42.6 Å². The van der Waals surface area contributed by atoms with E-state index in [9.17, 15) is 19.8 Å². The van der Waals surface area contributed by atoms with E-state index < -0.39 is 30.3 Å². The van der Waals surface area contributed by atoms with Crippen molar-refractivity contribution in [3.63, 3.8) is 0 Å². The zero-order valence-electron chi connectivity index (χ0n) is 19.7. The molecule has 182 valence electrons. The molecule has 2 N–H and O–H groups in total. The Morgan fingerprint density at radius 2 is 1.63 bits per heavy atom. The summed E-state index contributed by atoms with van der Waals surface area (Å²) in [5.74, 6) is 0.0435. The van der Waals surface area contributed by atoms with E-state index in [2.05, 4.69) is 13.8 Å². The number of hydrogen-bond donors (Lipinski definition) is 2. The fraction of sp³-hybridized carbons (Fsp3) is 0.286. The van der Waals surface area contributed by atoms with Crippen LogP contribution in [0.3, 0.4) is 0 Å². The van der Waals surface area contributed by atoms with Gasteiger partial charge in [0.1, 0.15) is 24.2 Å². The first-order valence-corrected chi connectivity index (χ1v) is 11.6. The van der Waals surface area contributed by atoms with Crippen molar-refractivity contribution < 1.29 is 29.3 Å². The minimum Gasteiger partial charge on any atom is -0.508 e. The van der Waals surface area contributed by atoms with Crippen molar-refractivity contribution in [2.24, 2.45) is 0 Å². The Kier molecular flexibility index (Phi) is 7.36. The van der Waals surface area contributed by atoms with Crippen LogP contribution in [0.4, 0.5) is 4.79 Å². The molecule has 7 nitrogen and oxygen atoms in total. The molecule has 3 aromatic carbocycles. The summed E-state index contributed by atoms with van der Waals surface area (Å²) < 4.78 is 11.2. The van der Waals surface area contributed by atoms with Gasteiger partial charge in [-0.1, -0.05) is 68.4 Å². The molecule has 1 heterocycles. The molecular weight excluding hydrogens is 446 g/mol. The van der Waals surface area contributed by atoms with Gasteiger partial charge in [0, 0.05) is 0 Å². The van der Waals surface area contributed by atoms with Crippen LogP contribution in [-0.4, -0.2) is 45.9 Å². The molecule has 1 aliphatic heterocycles. The molecule has 1 saturated heterocycles. The lowest BCUT2D eigenvalue weighted by Crippen LogP contribution is -2.49. The number of phenolic OH excluding ortho intramolecular Hbond substituents is 1. The highest BCUT2D eigenvalue weighted by molar-refractivity contribution is 5.96. The van der Waals surface area contributed by atoms with Gasteiger partial charge in [0.25, 0.3) is 5.91 Å². The quantitative estimate of drug-likeness (QED) is 0.495.